The fourth-order valence-corrected chi connectivity index (χ4v) is 4.78. The van der Waals surface area contributed by atoms with Crippen molar-refractivity contribution in [2.45, 2.75) is 57.3 Å². The van der Waals surface area contributed by atoms with Crippen LogP contribution in [-0.4, -0.2) is 54.0 Å². The van der Waals surface area contributed by atoms with Crippen molar-refractivity contribution in [3.8, 4) is 11.1 Å². The molecular weight excluding hydrogens is 508 g/mol. The van der Waals surface area contributed by atoms with E-state index in [1.54, 1.807) is 20.8 Å². The van der Waals surface area contributed by atoms with Gasteiger partial charge in [-0.25, -0.2) is 9.59 Å². The lowest BCUT2D eigenvalue weighted by Crippen LogP contribution is -2.49. The summed E-state index contributed by atoms with van der Waals surface area (Å²) in [6.45, 7) is 5.42. The average Bonchev–Trinajstić information content (AvgIpc) is 3.24. The predicted octanol–water partition coefficient (Wildman–Crippen LogP) is 4.35. The minimum Gasteiger partial charge on any atom is -0.458 e. The molecule has 3 aromatic carbocycles. The van der Waals surface area contributed by atoms with Gasteiger partial charge in [-0.1, -0.05) is 78.9 Å². The number of esters is 1. The highest BCUT2D eigenvalue weighted by atomic mass is 16.6. The van der Waals surface area contributed by atoms with Gasteiger partial charge in [0.1, 0.15) is 24.4 Å². The molecule has 1 aliphatic carbocycles. The van der Waals surface area contributed by atoms with Crippen molar-refractivity contribution in [2.24, 2.45) is 0 Å². The molecule has 1 aliphatic rings. The summed E-state index contributed by atoms with van der Waals surface area (Å²) in [5.74, 6) is -1.38. The topological polar surface area (TPSA) is 114 Å². The summed E-state index contributed by atoms with van der Waals surface area (Å²) in [5, 5.41) is 15.6. The van der Waals surface area contributed by atoms with Crippen molar-refractivity contribution in [3.05, 3.63) is 95.6 Å². The van der Waals surface area contributed by atoms with Gasteiger partial charge in [0.25, 0.3) is 0 Å². The molecule has 8 heteroatoms. The monoisotopic (exact) mass is 544 g/mol. The van der Waals surface area contributed by atoms with E-state index in [0.717, 1.165) is 27.8 Å². The number of nitrogens with one attached hydrogen (secondary N) is 2. The van der Waals surface area contributed by atoms with Crippen LogP contribution < -0.4 is 10.6 Å². The molecule has 3 aromatic rings. The Morgan fingerprint density at radius 3 is 2.05 bits per heavy atom. The smallest absolute Gasteiger partial charge is 0.407 e. The molecule has 0 spiro atoms. The predicted molar refractivity (Wildman–Crippen MR) is 152 cm³/mol. The molecule has 40 heavy (non-hydrogen) atoms. The van der Waals surface area contributed by atoms with Crippen molar-refractivity contribution in [1.29, 1.82) is 0 Å². The third kappa shape index (κ3) is 7.48. The van der Waals surface area contributed by atoms with Gasteiger partial charge in [-0.3, -0.25) is 4.79 Å². The zero-order valence-corrected chi connectivity index (χ0v) is 23.1. The molecule has 0 aromatic heterocycles. The summed E-state index contributed by atoms with van der Waals surface area (Å²) in [4.78, 5) is 37.9. The molecule has 3 N–H and O–H groups in total. The molecule has 2 atom stereocenters. The van der Waals surface area contributed by atoms with Crippen LogP contribution >= 0.6 is 0 Å². The van der Waals surface area contributed by atoms with Crippen molar-refractivity contribution < 1.29 is 29.0 Å². The molecular formula is C32H36N2O6. The molecule has 0 saturated heterocycles. The summed E-state index contributed by atoms with van der Waals surface area (Å²) in [7, 11) is 0. The largest absolute Gasteiger partial charge is 0.458 e. The van der Waals surface area contributed by atoms with E-state index in [9.17, 15) is 19.5 Å². The first-order valence-corrected chi connectivity index (χ1v) is 13.5. The van der Waals surface area contributed by atoms with Gasteiger partial charge in [0.05, 0.1) is 0 Å². The summed E-state index contributed by atoms with van der Waals surface area (Å²) < 4.78 is 11.0. The van der Waals surface area contributed by atoms with Crippen LogP contribution in [0.4, 0.5) is 4.79 Å². The number of rotatable bonds is 10. The lowest BCUT2D eigenvalue weighted by atomic mass is 9.98. The van der Waals surface area contributed by atoms with E-state index in [0.29, 0.717) is 0 Å². The van der Waals surface area contributed by atoms with Gasteiger partial charge in [-0.2, -0.15) is 0 Å². The molecule has 8 nitrogen and oxygen atoms in total. The molecule has 0 bridgehead atoms. The zero-order valence-electron chi connectivity index (χ0n) is 23.1. The number of hydrogen-bond acceptors (Lipinski definition) is 6. The maximum Gasteiger partial charge on any atom is 0.407 e. The van der Waals surface area contributed by atoms with Crippen LogP contribution in [0.1, 0.15) is 49.8 Å². The second-order valence-corrected chi connectivity index (χ2v) is 10.8. The van der Waals surface area contributed by atoms with Gasteiger partial charge in [0, 0.05) is 18.9 Å². The first kappa shape index (κ1) is 28.8. The number of carbonyl (C=O) groups excluding carboxylic acids is 3. The van der Waals surface area contributed by atoms with Crippen LogP contribution in [0.2, 0.25) is 0 Å². The SMILES string of the molecule is CC(C)(C)OC(=O)[C@H](Cc1ccccc1)NC(=O)C(O)CCNC(=O)OCC1c2ccccc2-c2ccccc21. The maximum absolute atomic E-state index is 12.8. The number of aliphatic hydroxyl groups is 1. The van der Waals surface area contributed by atoms with Crippen LogP contribution in [0.15, 0.2) is 78.9 Å². The molecule has 0 heterocycles. The Labute approximate surface area is 234 Å². The van der Waals surface area contributed by atoms with Gasteiger partial charge >= 0.3 is 12.1 Å². The number of benzene rings is 3. The zero-order chi connectivity index (χ0) is 28.7. The Kier molecular flexibility index (Phi) is 9.22. The fraction of sp³-hybridized carbons (Fsp3) is 0.344. The number of alkyl carbamates (subject to hydrolysis) is 1. The molecule has 210 valence electrons. The standard InChI is InChI=1S/C32H36N2O6/c1-32(2,3)40-30(37)27(19-21-11-5-4-6-12-21)34-29(36)28(35)17-18-33-31(38)39-20-26-24-15-9-7-13-22(24)23-14-8-10-16-25(23)26/h4-16,26-28,35H,17-20H2,1-3H3,(H,33,38)(H,34,36)/t27-,28?/m0/s1. The third-order valence-electron chi connectivity index (χ3n) is 6.62. The second kappa shape index (κ2) is 12.8. The van der Waals surface area contributed by atoms with E-state index in [1.807, 2.05) is 66.7 Å². The van der Waals surface area contributed by atoms with Crippen LogP contribution in [0.3, 0.4) is 0 Å². The third-order valence-corrected chi connectivity index (χ3v) is 6.62. The van der Waals surface area contributed by atoms with E-state index in [-0.39, 0.29) is 31.9 Å². The van der Waals surface area contributed by atoms with E-state index in [2.05, 4.69) is 22.8 Å². The van der Waals surface area contributed by atoms with Crippen LogP contribution in [0, 0.1) is 0 Å². The Balaban J connectivity index is 1.26. The Hall–Kier alpha value is -4.17. The van der Waals surface area contributed by atoms with Crippen LogP contribution in [0.25, 0.3) is 11.1 Å². The molecule has 0 aliphatic heterocycles. The van der Waals surface area contributed by atoms with Crippen molar-refractivity contribution in [1.82, 2.24) is 10.6 Å². The van der Waals surface area contributed by atoms with Crippen LogP contribution in [0.5, 0.6) is 0 Å². The lowest BCUT2D eigenvalue weighted by molar-refractivity contribution is -0.159. The molecule has 2 amide bonds. The van der Waals surface area contributed by atoms with Crippen molar-refractivity contribution >= 4 is 18.0 Å². The first-order valence-electron chi connectivity index (χ1n) is 13.5. The molecule has 1 unspecified atom stereocenters. The normalized spacial score (nSPS) is 13.9. The quantitative estimate of drug-likeness (QED) is 0.327. The number of aliphatic hydroxyl groups excluding tert-OH is 1. The fourth-order valence-electron chi connectivity index (χ4n) is 4.78. The minimum atomic E-state index is -1.44. The number of ether oxygens (including phenoxy) is 2. The van der Waals surface area contributed by atoms with E-state index in [1.165, 1.54) is 0 Å². The van der Waals surface area contributed by atoms with Gasteiger partial charge in [-0.05, 0) is 55.0 Å². The molecule has 0 saturated carbocycles. The highest BCUT2D eigenvalue weighted by molar-refractivity contribution is 5.87. The van der Waals surface area contributed by atoms with Gasteiger partial charge in [0.15, 0.2) is 0 Å². The highest BCUT2D eigenvalue weighted by Crippen LogP contribution is 2.44. The molecule has 4 rings (SSSR count). The second-order valence-electron chi connectivity index (χ2n) is 10.8. The van der Waals surface area contributed by atoms with E-state index < -0.39 is 35.7 Å². The van der Waals surface area contributed by atoms with Gasteiger partial charge < -0.3 is 25.2 Å². The molecule has 0 fully saturated rings. The summed E-state index contributed by atoms with van der Waals surface area (Å²) in [5.41, 5.74) is 4.60. The van der Waals surface area contributed by atoms with Gasteiger partial charge in [0.2, 0.25) is 5.91 Å². The summed E-state index contributed by atoms with van der Waals surface area (Å²) in [6.07, 6.45) is -1.91. The summed E-state index contributed by atoms with van der Waals surface area (Å²) in [6, 6.07) is 24.4. The molecule has 0 radical (unpaired) electrons. The summed E-state index contributed by atoms with van der Waals surface area (Å²) >= 11 is 0. The average molecular weight is 545 g/mol. The Morgan fingerprint density at radius 1 is 0.875 bits per heavy atom. The maximum atomic E-state index is 12.8. The Bertz CT molecular complexity index is 1290. The van der Waals surface area contributed by atoms with Crippen molar-refractivity contribution in [2.75, 3.05) is 13.2 Å². The van der Waals surface area contributed by atoms with Crippen LogP contribution in [-0.2, 0) is 25.5 Å². The number of carbonyl (C=O) groups is 3. The lowest BCUT2D eigenvalue weighted by Gasteiger charge is -2.25. The Morgan fingerprint density at radius 2 is 1.45 bits per heavy atom. The number of amides is 2. The minimum absolute atomic E-state index is 0.0149. The van der Waals surface area contributed by atoms with Gasteiger partial charge in [-0.15, -0.1) is 0 Å². The number of fused-ring (bicyclic) bond motifs is 3. The highest BCUT2D eigenvalue weighted by Gasteiger charge is 2.30. The first-order chi connectivity index (χ1) is 19.1. The van der Waals surface area contributed by atoms with E-state index in [4.69, 9.17) is 9.47 Å². The number of hydrogen-bond donors (Lipinski definition) is 3. The van der Waals surface area contributed by atoms with Crippen molar-refractivity contribution in [3.63, 3.8) is 0 Å². The van der Waals surface area contributed by atoms with E-state index >= 15 is 0 Å².